The van der Waals surface area contributed by atoms with Gasteiger partial charge in [-0.1, -0.05) is 140 Å². The zero-order chi connectivity index (χ0) is 64.0. The fourth-order valence-electron chi connectivity index (χ4n) is 26.0. The first kappa shape index (κ1) is 67.2. The Balaban J connectivity index is 0.0000000831. The van der Waals surface area contributed by atoms with E-state index in [1.165, 1.54) is 215 Å². The third kappa shape index (κ3) is 14.6. The monoisotopic (exact) mass is 1260 g/mol. The highest BCUT2D eigenvalue weighted by atomic mass is 19.1. The SMILES string of the molecule is C1C2CC12.C1C2CC3C1C3C2.C1CC2CC12.C1CC2CC2C1.C1CCC2CC2C1.C=C1C2CCC(C2)C1(C)C.CC12CCC(C1)C2(C)C.CC1C2CC12.CC1C2CCC(C2)C1(C)C.CC1C2CCC12.CC1C2CCCC12.FC12CCC(CC1)C2.O=C1CC2CCC1C2. The Morgan fingerprint density at radius 3 is 1.02 bits per heavy atom. The molecule has 0 saturated heterocycles. The molecule has 29 aliphatic rings. The lowest BCUT2D eigenvalue weighted by molar-refractivity contribution is -0.121. The van der Waals surface area contributed by atoms with Crippen LogP contribution in [0.3, 0.4) is 0 Å². The quantitative estimate of drug-likeness (QED) is 0.221. The molecule has 0 aromatic rings. The minimum absolute atomic E-state index is 0.475. The smallest absolute Gasteiger partial charge is 0.136 e. The summed E-state index contributed by atoms with van der Waals surface area (Å²) in [5.74, 6) is 34.0. The van der Waals surface area contributed by atoms with E-state index >= 15 is 0 Å². The number of Topliss-reactive ketones (excluding diaryl/α,β-unsaturated/α-hetero) is 1. The number of fused-ring (bicyclic) bond motifs is 16. The molecule has 0 aliphatic heterocycles. The summed E-state index contributed by atoms with van der Waals surface area (Å²) in [6.45, 7) is 30.7. The predicted molar refractivity (Wildman–Crippen MR) is 384 cm³/mol. The van der Waals surface area contributed by atoms with E-state index < -0.39 is 5.67 Å². The van der Waals surface area contributed by atoms with Crippen molar-refractivity contribution in [2.45, 2.75) is 345 Å². The minimum atomic E-state index is -0.690. The fourth-order valence-corrected chi connectivity index (χ4v) is 26.0. The van der Waals surface area contributed by atoms with Gasteiger partial charge in [-0.05, 0) is 399 Å². The zero-order valence-corrected chi connectivity index (χ0v) is 62.3. The molecule has 0 radical (unpaired) electrons. The maximum atomic E-state index is 13.1. The Bertz CT molecular complexity index is 2430. The second-order valence-electron chi connectivity index (χ2n) is 42.3. The summed E-state index contributed by atoms with van der Waals surface area (Å²) in [4.78, 5) is 10.8. The van der Waals surface area contributed by atoms with Crippen molar-refractivity contribution >= 4 is 5.78 Å². The standard InChI is InChI=1S/C10H18.C10H16.C9H16.C7H11F.C7H10O.C7H10.2C7H12.2C6H10.2C5H8.C4H6/c2*1-7-8-4-5-9(6-8)10(7,2)3;1-8(2)7-4-5-9(8,3)6-7;8-7-3-1-6(5-7)2-4-7;8-7-4-5-1-2-6(7)3-5;1-4-2-6-5(1)7(6)3-4;1-5-6-3-2-4-7(5)6;1-2-4-7-5-6(7)3-1;1-4-5-2-3-6(4)5;1-2-5-4-6(5)3-1;1-3-4-2-5(3)4;1-2-5-3-4(1)5;1-3-2-4(1)3/h7-9H,4-6H2,1-3H3;8-9H,1,4-6H2,2-3H3;7H,4-6H2,1-3H3;6H,1-5H2;5-6H,1-4H2;4-7H,1-3H2;5-7H,2-4H2,1H3;6-7H,1-5H2;4-6H,2-3H2,1H3;5-6H,1-4H2;3-5H,2H2,1H3;4-5H,1-3H2;3-4H,1-2H2. The van der Waals surface area contributed by atoms with Gasteiger partial charge in [0.25, 0.3) is 0 Å². The van der Waals surface area contributed by atoms with Gasteiger partial charge >= 0.3 is 0 Å². The van der Waals surface area contributed by atoms with Crippen LogP contribution >= 0.6 is 0 Å². The van der Waals surface area contributed by atoms with Crippen LogP contribution in [-0.2, 0) is 4.79 Å². The summed E-state index contributed by atoms with van der Waals surface area (Å²) in [5.41, 5.74) is 3.41. The predicted octanol–water partition coefficient (Wildman–Crippen LogP) is 25.7. The second kappa shape index (κ2) is 26.1. The van der Waals surface area contributed by atoms with Gasteiger partial charge in [0.2, 0.25) is 0 Å². The van der Waals surface area contributed by atoms with Gasteiger partial charge in [-0.3, -0.25) is 4.79 Å². The van der Waals surface area contributed by atoms with E-state index in [4.69, 9.17) is 0 Å². The normalized spacial score (nSPS) is 54.4. The third-order valence-electron chi connectivity index (χ3n) is 36.6. The van der Waals surface area contributed by atoms with Crippen LogP contribution < -0.4 is 0 Å². The molecule has 520 valence electrons. The van der Waals surface area contributed by atoms with E-state index in [9.17, 15) is 9.18 Å². The molecule has 14 bridgehead atoms. The van der Waals surface area contributed by atoms with Crippen LogP contribution in [0.2, 0.25) is 0 Å². The molecule has 1 nitrogen and oxygen atoms in total. The number of ketones is 1. The van der Waals surface area contributed by atoms with Gasteiger partial charge in [-0.2, -0.15) is 0 Å². The topological polar surface area (TPSA) is 17.1 Å². The molecular weight excluding hydrogens is 1120 g/mol. The molecule has 29 fully saturated rings. The number of alkyl halides is 1. The lowest BCUT2D eigenvalue weighted by Crippen LogP contribution is -2.45. The molecule has 29 saturated carbocycles. The van der Waals surface area contributed by atoms with Crippen molar-refractivity contribution in [3.8, 4) is 0 Å². The van der Waals surface area contributed by atoms with E-state index in [1.54, 1.807) is 122 Å². The van der Waals surface area contributed by atoms with E-state index in [2.05, 4.69) is 82.7 Å². The van der Waals surface area contributed by atoms with Crippen LogP contribution in [0.1, 0.15) is 339 Å². The first-order valence-electron chi connectivity index (χ1n) is 42.9. The van der Waals surface area contributed by atoms with E-state index in [-0.39, 0.29) is 0 Å². The highest BCUT2D eigenvalue weighted by Crippen LogP contribution is 2.72. The van der Waals surface area contributed by atoms with Crippen molar-refractivity contribution in [1.82, 2.24) is 0 Å². The third-order valence-corrected chi connectivity index (χ3v) is 36.6. The number of carbonyl (C=O) groups excluding carboxylic acids is 1. The Hall–Kier alpha value is -0.660. The first-order valence-corrected chi connectivity index (χ1v) is 42.9. The van der Waals surface area contributed by atoms with Crippen LogP contribution in [-0.4, -0.2) is 11.5 Å². The minimum Gasteiger partial charge on any atom is -0.299 e. The Morgan fingerprint density at radius 1 is 0.359 bits per heavy atom. The van der Waals surface area contributed by atoms with Gasteiger partial charge in [0.1, 0.15) is 11.5 Å². The molecule has 0 aromatic heterocycles. The fraction of sp³-hybridized carbons (Fsp3) is 0.967. The number of carbonyl (C=O) groups is 1. The largest absolute Gasteiger partial charge is 0.299 e. The second-order valence-corrected chi connectivity index (χ2v) is 42.3. The molecule has 29 rings (SSSR count). The summed E-state index contributed by atoms with van der Waals surface area (Å²) in [6.07, 6.45) is 59.0. The van der Waals surface area contributed by atoms with Gasteiger partial charge in [-0.25, -0.2) is 4.39 Å². The maximum Gasteiger partial charge on any atom is 0.136 e. The van der Waals surface area contributed by atoms with Gasteiger partial charge in [0, 0.05) is 12.3 Å². The molecule has 92 heavy (non-hydrogen) atoms. The van der Waals surface area contributed by atoms with E-state index in [1.807, 2.05) is 0 Å². The summed E-state index contributed by atoms with van der Waals surface area (Å²) < 4.78 is 13.1. The first-order chi connectivity index (χ1) is 43.9. The Kier molecular flexibility index (Phi) is 19.0. The van der Waals surface area contributed by atoms with Crippen molar-refractivity contribution in [2.24, 2.45) is 199 Å². The van der Waals surface area contributed by atoms with E-state index in [0.717, 1.165) is 109 Å². The van der Waals surface area contributed by atoms with Gasteiger partial charge in [0.15, 0.2) is 0 Å². The zero-order valence-electron chi connectivity index (χ0n) is 62.3. The van der Waals surface area contributed by atoms with Crippen LogP contribution in [0.5, 0.6) is 0 Å². The number of hydrogen-bond acceptors (Lipinski definition) is 1. The molecule has 21 unspecified atom stereocenters. The Morgan fingerprint density at radius 2 is 0.837 bits per heavy atom. The maximum absolute atomic E-state index is 13.1. The summed E-state index contributed by atoms with van der Waals surface area (Å²) in [7, 11) is 0. The van der Waals surface area contributed by atoms with Crippen molar-refractivity contribution < 1.29 is 9.18 Å². The number of allylic oxidation sites excluding steroid dienone is 1. The van der Waals surface area contributed by atoms with Crippen LogP contribution in [0.15, 0.2) is 12.2 Å². The lowest BCUT2D eigenvalue weighted by atomic mass is 9.52. The lowest BCUT2D eigenvalue weighted by Gasteiger charge is -2.53. The average Bonchev–Trinajstić information content (AvgIpc) is 1.42. The van der Waals surface area contributed by atoms with Gasteiger partial charge in [-0.15, -0.1) is 0 Å². The van der Waals surface area contributed by atoms with Crippen molar-refractivity contribution in [3.63, 3.8) is 0 Å². The highest BCUT2D eigenvalue weighted by molar-refractivity contribution is 5.84. The molecule has 2 heteroatoms. The highest BCUT2D eigenvalue weighted by Gasteiger charge is 2.64. The van der Waals surface area contributed by atoms with Crippen molar-refractivity contribution in [3.05, 3.63) is 12.2 Å². The van der Waals surface area contributed by atoms with Crippen LogP contribution in [0.25, 0.3) is 0 Å². The molecule has 0 amide bonds. The van der Waals surface area contributed by atoms with Gasteiger partial charge < -0.3 is 0 Å². The molecule has 0 N–H and O–H groups in total. The summed E-state index contributed by atoms with van der Waals surface area (Å²) >= 11 is 0. The van der Waals surface area contributed by atoms with Crippen molar-refractivity contribution in [2.75, 3.05) is 0 Å². The van der Waals surface area contributed by atoms with Crippen LogP contribution in [0, 0.1) is 199 Å². The molecule has 0 heterocycles. The Labute approximate surface area is 568 Å². The molecule has 0 aromatic carbocycles. The molecule has 0 spiro atoms. The molecular formula is C90H147FO. The number of hydrogen-bond donors (Lipinski definition) is 0. The summed E-state index contributed by atoms with van der Waals surface area (Å²) in [6, 6.07) is 0. The number of rotatable bonds is 0. The number of halogens is 1. The summed E-state index contributed by atoms with van der Waals surface area (Å²) in [5, 5.41) is 0. The molecule has 29 aliphatic carbocycles. The van der Waals surface area contributed by atoms with Crippen molar-refractivity contribution in [1.29, 1.82) is 0 Å². The van der Waals surface area contributed by atoms with Gasteiger partial charge in [0.05, 0.1) is 0 Å². The average molecular weight is 1260 g/mol. The molecule has 21 atom stereocenters. The van der Waals surface area contributed by atoms with E-state index in [0.29, 0.717) is 27.9 Å². The van der Waals surface area contributed by atoms with Crippen LogP contribution in [0.4, 0.5) is 4.39 Å².